The number of para-hydroxylation sites is 3. The Morgan fingerprint density at radius 3 is 0.906 bits per heavy atom. The Labute approximate surface area is 204 Å². The first kappa shape index (κ1) is 27.3. The van der Waals surface area contributed by atoms with Gasteiger partial charge in [0.2, 0.25) is 0 Å². The number of phenols is 3. The molecule has 0 bridgehead atoms. The van der Waals surface area contributed by atoms with E-state index in [1.165, 1.54) is 20.6 Å². The molecule has 32 heavy (non-hydrogen) atoms. The van der Waals surface area contributed by atoms with Crippen molar-refractivity contribution >= 4 is 0 Å². The van der Waals surface area contributed by atoms with Crippen LogP contribution >= 0.6 is 0 Å². The van der Waals surface area contributed by atoms with Gasteiger partial charge in [0.1, 0.15) is 17.2 Å². The zero-order chi connectivity index (χ0) is 24.1. The predicted octanol–water partition coefficient (Wildman–Crippen LogP) is 7.36. The minimum atomic E-state index is 0.314. The van der Waals surface area contributed by atoms with E-state index >= 15 is 0 Å². The molecule has 0 saturated heterocycles. The van der Waals surface area contributed by atoms with Gasteiger partial charge >= 0.3 is 81.1 Å². The zero-order valence-electron chi connectivity index (χ0n) is 19.5. The van der Waals surface area contributed by atoms with Crippen LogP contribution in [0.1, 0.15) is 34.6 Å². The molecule has 0 spiro atoms. The predicted molar refractivity (Wildman–Crippen MR) is 129 cm³/mol. The molecule has 0 fully saturated rings. The van der Waals surface area contributed by atoms with Crippen LogP contribution in [-0.2, 0) is 20.4 Å². The molecule has 3 nitrogen and oxygen atoms in total. The third-order valence-corrected chi connectivity index (χ3v) is 6.89. The molecule has 3 N–H and O–H groups in total. The van der Waals surface area contributed by atoms with E-state index in [4.69, 9.17) is 15.3 Å². The molecule has 0 atom stereocenters. The van der Waals surface area contributed by atoms with Crippen LogP contribution < -0.4 is 0 Å². The van der Waals surface area contributed by atoms with Crippen molar-refractivity contribution in [3.8, 4) is 17.2 Å². The Kier molecular flexibility index (Phi) is 11.6. The summed E-state index contributed by atoms with van der Waals surface area (Å²) in [5.74, 6) is 0.965. The Hall–Kier alpha value is -2.75. The first-order chi connectivity index (χ1) is 15.1. The molecule has 0 unspecified atom stereocenters. The van der Waals surface area contributed by atoms with Gasteiger partial charge in [-0.15, -0.1) is 0 Å². The minimum absolute atomic E-state index is 0.314. The third-order valence-electron chi connectivity index (χ3n) is 5.33. The first-order valence-corrected chi connectivity index (χ1v) is 11.2. The molecule has 0 saturated carbocycles. The second-order valence-corrected chi connectivity index (χ2v) is 8.66. The number of benzene rings is 3. The van der Waals surface area contributed by atoms with E-state index in [0.717, 1.165) is 0 Å². The van der Waals surface area contributed by atoms with Crippen molar-refractivity contribution in [1.82, 2.24) is 0 Å². The van der Waals surface area contributed by atoms with Crippen LogP contribution in [0.25, 0.3) is 0 Å². The molecule has 0 amide bonds. The fourth-order valence-corrected chi connectivity index (χ4v) is 3.46. The van der Waals surface area contributed by atoms with Crippen molar-refractivity contribution in [2.45, 2.75) is 34.6 Å². The van der Waals surface area contributed by atoms with Gasteiger partial charge in [0.15, 0.2) is 0 Å². The molecule has 4 heteroatoms. The monoisotopic (exact) mass is 465 g/mol. The fourth-order valence-electron chi connectivity index (χ4n) is 2.88. The van der Waals surface area contributed by atoms with Gasteiger partial charge in [-0.3, -0.25) is 0 Å². The zero-order valence-corrected chi connectivity index (χ0v) is 21.1. The van der Waals surface area contributed by atoms with Gasteiger partial charge in [0, 0.05) is 0 Å². The summed E-state index contributed by atoms with van der Waals surface area (Å²) in [4.78, 5) is 0. The molecule has 3 aromatic rings. The average Bonchev–Trinajstić information content (AvgIpc) is 2.91. The van der Waals surface area contributed by atoms with Gasteiger partial charge in [-0.1, -0.05) is 54.6 Å². The van der Waals surface area contributed by atoms with E-state index in [9.17, 15) is 0 Å². The second kappa shape index (κ2) is 13.6. The Bertz CT molecular complexity index is 877. The van der Waals surface area contributed by atoms with Crippen LogP contribution in [0.15, 0.2) is 112 Å². The van der Waals surface area contributed by atoms with Crippen molar-refractivity contribution in [1.29, 1.82) is 0 Å². The largest absolute Gasteiger partial charge is 0.508 e. The summed E-state index contributed by atoms with van der Waals surface area (Å²) in [6.45, 7) is 11.3. The summed E-state index contributed by atoms with van der Waals surface area (Å²) >= 11 is 2.25. The van der Waals surface area contributed by atoms with Gasteiger partial charge in [0.25, 0.3) is 0 Å². The standard InChI is InChI=1S/C10H15.3C6H6O.Ti/c1-7-6-10(4,5)9(3)8(7)2;3*7-6-4-2-1-3-5-6;/h1-5H3;3*1-5,7H;. The van der Waals surface area contributed by atoms with Crippen LogP contribution in [0.2, 0.25) is 0 Å². The van der Waals surface area contributed by atoms with Gasteiger partial charge in [-0.2, -0.15) is 0 Å². The topological polar surface area (TPSA) is 60.7 Å². The van der Waals surface area contributed by atoms with Crippen molar-refractivity contribution in [2.24, 2.45) is 5.41 Å². The molecule has 0 aromatic heterocycles. The number of hydrogen-bond acceptors (Lipinski definition) is 3. The quantitative estimate of drug-likeness (QED) is 0.304. The second-order valence-electron chi connectivity index (χ2n) is 7.88. The number of aromatic hydroxyl groups is 3. The average molecular weight is 465 g/mol. The van der Waals surface area contributed by atoms with Crippen LogP contribution in [0.4, 0.5) is 0 Å². The number of rotatable bonds is 0. The summed E-state index contributed by atoms with van der Waals surface area (Å²) < 4.78 is 1.53. The maximum atomic E-state index is 8.63. The summed E-state index contributed by atoms with van der Waals surface area (Å²) in [6, 6.07) is 26.1. The number of phenolic OH excluding ortho intramolecular Hbond substituents is 3. The van der Waals surface area contributed by atoms with Crippen molar-refractivity contribution in [3.05, 3.63) is 112 Å². The number of hydrogen-bond donors (Lipinski definition) is 3. The van der Waals surface area contributed by atoms with Crippen LogP contribution in [0, 0.1) is 5.41 Å². The molecular formula is C28H33O3Ti. The molecule has 3 aromatic carbocycles. The summed E-state index contributed by atoms with van der Waals surface area (Å²) in [5, 5.41) is 25.9. The smallest absolute Gasteiger partial charge is 0.115 e. The molecule has 0 radical (unpaired) electrons. The molecular weight excluding hydrogens is 432 g/mol. The van der Waals surface area contributed by atoms with E-state index < -0.39 is 0 Å². The van der Waals surface area contributed by atoms with Crippen LogP contribution in [-0.4, -0.2) is 15.3 Å². The maximum absolute atomic E-state index is 8.63. The normalized spacial score (nSPS) is 13.6. The molecule has 4 rings (SSSR count). The SMILES string of the molecule is CC1=C(C)C(C)(C)[C]([Ti])=C1C.Oc1ccccc1.Oc1ccccc1.Oc1ccccc1. The summed E-state index contributed by atoms with van der Waals surface area (Å²) in [7, 11) is 0. The molecule has 167 valence electrons. The van der Waals surface area contributed by atoms with Crippen LogP contribution in [0.5, 0.6) is 17.2 Å². The van der Waals surface area contributed by atoms with Gasteiger partial charge in [-0.25, -0.2) is 0 Å². The maximum Gasteiger partial charge on any atom is 0.115 e. The Balaban J connectivity index is 0.000000218. The number of allylic oxidation sites excluding steroid dienone is 4. The van der Waals surface area contributed by atoms with E-state index in [-0.39, 0.29) is 0 Å². The van der Waals surface area contributed by atoms with E-state index in [2.05, 4.69) is 55.1 Å². The third kappa shape index (κ3) is 9.17. The van der Waals surface area contributed by atoms with E-state index in [0.29, 0.717) is 22.7 Å². The van der Waals surface area contributed by atoms with Crippen molar-refractivity contribution < 1.29 is 35.8 Å². The summed E-state index contributed by atoms with van der Waals surface area (Å²) in [6.07, 6.45) is 0. The van der Waals surface area contributed by atoms with Crippen LogP contribution in [0.3, 0.4) is 0 Å². The molecule has 1 aliphatic rings. The first-order valence-electron chi connectivity index (χ1n) is 10.4. The van der Waals surface area contributed by atoms with Gasteiger partial charge in [-0.05, 0) is 36.4 Å². The minimum Gasteiger partial charge on any atom is -0.508 e. The summed E-state index contributed by atoms with van der Waals surface area (Å²) in [5.41, 5.74) is 4.83. The fraction of sp³-hybridized carbons (Fsp3) is 0.214. The molecule has 0 heterocycles. The van der Waals surface area contributed by atoms with E-state index in [1.54, 1.807) is 72.8 Å². The van der Waals surface area contributed by atoms with Gasteiger partial charge in [0.05, 0.1) is 0 Å². The Morgan fingerprint density at radius 1 is 0.531 bits per heavy atom. The molecule has 1 aliphatic carbocycles. The van der Waals surface area contributed by atoms with E-state index in [1.807, 2.05) is 18.2 Å². The van der Waals surface area contributed by atoms with Crippen molar-refractivity contribution in [3.63, 3.8) is 0 Å². The van der Waals surface area contributed by atoms with Crippen molar-refractivity contribution in [2.75, 3.05) is 0 Å². The Morgan fingerprint density at radius 2 is 0.812 bits per heavy atom. The van der Waals surface area contributed by atoms with Gasteiger partial charge < -0.3 is 15.3 Å². The molecule has 0 aliphatic heterocycles.